The van der Waals surface area contributed by atoms with E-state index >= 15 is 0 Å². The summed E-state index contributed by atoms with van der Waals surface area (Å²) >= 11 is 0. The fraction of sp³-hybridized carbons (Fsp3) is 0.929. The van der Waals surface area contributed by atoms with Gasteiger partial charge in [-0.1, -0.05) is 6.92 Å². The molecule has 0 radical (unpaired) electrons. The molecule has 1 saturated heterocycles. The van der Waals surface area contributed by atoms with Crippen molar-refractivity contribution in [3.8, 4) is 6.07 Å². The molecule has 0 aromatic rings. The molecule has 0 aromatic carbocycles. The summed E-state index contributed by atoms with van der Waals surface area (Å²) < 4.78 is 5.63. The molecule has 3 atom stereocenters. The average Bonchev–Trinajstić information content (AvgIpc) is 3.11. The Bertz CT molecular complexity index is 323. The van der Waals surface area contributed by atoms with Crippen LogP contribution in [0.15, 0.2) is 0 Å². The van der Waals surface area contributed by atoms with Crippen LogP contribution < -0.4 is 5.32 Å². The second-order valence-corrected chi connectivity index (χ2v) is 5.73. The summed E-state index contributed by atoms with van der Waals surface area (Å²) in [6, 6.07) is 3.01. The zero-order valence-corrected chi connectivity index (χ0v) is 11.8. The molecule has 2 rings (SSSR count). The Morgan fingerprint density at radius 2 is 2.17 bits per heavy atom. The van der Waals surface area contributed by atoms with Gasteiger partial charge in [0.05, 0.1) is 12.2 Å². The van der Waals surface area contributed by atoms with E-state index in [0.717, 1.165) is 26.1 Å². The highest BCUT2D eigenvalue weighted by molar-refractivity contribution is 5.16. The van der Waals surface area contributed by atoms with E-state index in [4.69, 9.17) is 4.74 Å². The van der Waals surface area contributed by atoms with E-state index in [2.05, 4.69) is 37.2 Å². The van der Waals surface area contributed by atoms with Gasteiger partial charge in [-0.2, -0.15) is 5.26 Å². The number of nitriles is 1. The Morgan fingerprint density at radius 3 is 2.61 bits per heavy atom. The molecule has 4 heteroatoms. The van der Waals surface area contributed by atoms with E-state index in [9.17, 15) is 5.26 Å². The molecule has 0 amide bonds. The largest absolute Gasteiger partial charge is 0.377 e. The monoisotopic (exact) mass is 251 g/mol. The summed E-state index contributed by atoms with van der Waals surface area (Å²) in [6.45, 7) is 6.72. The quantitative estimate of drug-likeness (QED) is 0.775. The number of nitrogens with zero attached hydrogens (tertiary/aromatic N) is 2. The van der Waals surface area contributed by atoms with Gasteiger partial charge in [0.1, 0.15) is 5.54 Å². The second-order valence-electron chi connectivity index (χ2n) is 5.73. The van der Waals surface area contributed by atoms with Gasteiger partial charge < -0.3 is 4.74 Å². The highest BCUT2D eigenvalue weighted by Crippen LogP contribution is 2.40. The minimum absolute atomic E-state index is 0.284. The van der Waals surface area contributed by atoms with Crippen LogP contribution in [0, 0.1) is 17.2 Å². The highest BCUT2D eigenvalue weighted by atomic mass is 16.5. The van der Waals surface area contributed by atoms with Crippen molar-refractivity contribution in [2.45, 2.75) is 50.8 Å². The first kappa shape index (κ1) is 13.8. The van der Waals surface area contributed by atoms with Gasteiger partial charge in [-0.3, -0.25) is 10.2 Å². The molecular weight excluding hydrogens is 226 g/mol. The zero-order valence-electron chi connectivity index (χ0n) is 11.8. The van der Waals surface area contributed by atoms with Gasteiger partial charge in [0.25, 0.3) is 0 Å². The molecular formula is C14H25N3O. The lowest BCUT2D eigenvalue weighted by Gasteiger charge is -2.36. The van der Waals surface area contributed by atoms with E-state index < -0.39 is 0 Å². The Labute approximate surface area is 110 Å². The van der Waals surface area contributed by atoms with E-state index in [-0.39, 0.29) is 11.6 Å². The third-order valence-corrected chi connectivity index (χ3v) is 4.37. The van der Waals surface area contributed by atoms with Crippen molar-refractivity contribution in [1.29, 1.82) is 5.26 Å². The van der Waals surface area contributed by atoms with Gasteiger partial charge in [0, 0.05) is 19.2 Å². The molecule has 4 nitrogen and oxygen atoms in total. The van der Waals surface area contributed by atoms with Crippen LogP contribution in [-0.2, 0) is 4.74 Å². The Kier molecular flexibility index (Phi) is 4.26. The van der Waals surface area contributed by atoms with Crippen molar-refractivity contribution in [2.75, 3.05) is 26.7 Å². The first-order chi connectivity index (χ1) is 8.63. The number of ether oxygens (including phenoxy) is 1. The summed E-state index contributed by atoms with van der Waals surface area (Å²) in [4.78, 5) is 2.32. The highest BCUT2D eigenvalue weighted by Gasteiger charge is 2.47. The second kappa shape index (κ2) is 5.56. The number of hydrogen-bond donors (Lipinski definition) is 1. The van der Waals surface area contributed by atoms with E-state index in [1.807, 2.05) is 0 Å². The van der Waals surface area contributed by atoms with Crippen molar-refractivity contribution >= 4 is 0 Å². The van der Waals surface area contributed by atoms with Crippen LogP contribution in [0.2, 0.25) is 0 Å². The molecule has 2 aliphatic rings. The Hall–Kier alpha value is -0.630. The minimum atomic E-state index is -0.355. The number of nitrogens with one attached hydrogen (secondary N) is 1. The van der Waals surface area contributed by atoms with Crippen LogP contribution in [0.5, 0.6) is 0 Å². The summed E-state index contributed by atoms with van der Waals surface area (Å²) in [7, 11) is 2.13. The van der Waals surface area contributed by atoms with E-state index in [1.165, 1.54) is 12.8 Å². The van der Waals surface area contributed by atoms with Crippen LogP contribution in [0.25, 0.3) is 0 Å². The first-order valence-electron chi connectivity index (χ1n) is 7.11. The summed E-state index contributed by atoms with van der Waals surface area (Å²) in [5.74, 6) is 0.530. The standard InChI is InChI=1S/C14H25N3O/c1-4-16-14(9-15,12-5-6-12)10-17(3)13-7-8-18-11(13)2/h11-13,16H,4-8,10H2,1-3H3. The van der Waals surface area contributed by atoms with Gasteiger partial charge in [-0.15, -0.1) is 0 Å². The lowest BCUT2D eigenvalue weighted by molar-refractivity contribution is 0.0744. The molecule has 1 saturated carbocycles. The van der Waals surface area contributed by atoms with Crippen molar-refractivity contribution in [3.05, 3.63) is 0 Å². The van der Waals surface area contributed by atoms with Gasteiger partial charge in [-0.05, 0) is 45.7 Å². The molecule has 2 fully saturated rings. The predicted molar refractivity (Wildman–Crippen MR) is 71.2 cm³/mol. The smallest absolute Gasteiger partial charge is 0.122 e. The summed E-state index contributed by atoms with van der Waals surface area (Å²) in [6.07, 6.45) is 3.74. The fourth-order valence-electron chi connectivity index (χ4n) is 3.20. The normalized spacial score (nSPS) is 31.3. The predicted octanol–water partition coefficient (Wildman–Crippen LogP) is 1.38. The number of rotatable bonds is 6. The zero-order chi connectivity index (χ0) is 13.2. The van der Waals surface area contributed by atoms with Gasteiger partial charge in [0.2, 0.25) is 0 Å². The van der Waals surface area contributed by atoms with E-state index in [0.29, 0.717) is 12.0 Å². The van der Waals surface area contributed by atoms with Gasteiger partial charge in [0.15, 0.2) is 0 Å². The van der Waals surface area contributed by atoms with Crippen LogP contribution in [0.4, 0.5) is 0 Å². The molecule has 1 N–H and O–H groups in total. The topological polar surface area (TPSA) is 48.3 Å². The molecule has 1 aliphatic heterocycles. The third kappa shape index (κ3) is 2.69. The maximum absolute atomic E-state index is 9.61. The van der Waals surface area contributed by atoms with Gasteiger partial charge in [-0.25, -0.2) is 0 Å². The van der Waals surface area contributed by atoms with Crippen molar-refractivity contribution in [1.82, 2.24) is 10.2 Å². The maximum Gasteiger partial charge on any atom is 0.122 e. The Morgan fingerprint density at radius 1 is 1.44 bits per heavy atom. The lowest BCUT2D eigenvalue weighted by Crippen LogP contribution is -2.56. The lowest BCUT2D eigenvalue weighted by atomic mass is 9.93. The number of hydrogen-bond acceptors (Lipinski definition) is 4. The maximum atomic E-state index is 9.61. The third-order valence-electron chi connectivity index (χ3n) is 4.37. The molecule has 18 heavy (non-hydrogen) atoms. The summed E-state index contributed by atoms with van der Waals surface area (Å²) in [5.41, 5.74) is -0.355. The van der Waals surface area contributed by atoms with Crippen LogP contribution in [0.1, 0.15) is 33.1 Å². The molecule has 0 spiro atoms. The average molecular weight is 251 g/mol. The first-order valence-corrected chi connectivity index (χ1v) is 7.11. The molecule has 1 aliphatic carbocycles. The van der Waals surface area contributed by atoms with Gasteiger partial charge >= 0.3 is 0 Å². The van der Waals surface area contributed by atoms with Crippen LogP contribution in [-0.4, -0.2) is 49.3 Å². The molecule has 0 aromatic heterocycles. The van der Waals surface area contributed by atoms with Crippen LogP contribution >= 0.6 is 0 Å². The van der Waals surface area contributed by atoms with Crippen molar-refractivity contribution in [3.63, 3.8) is 0 Å². The molecule has 102 valence electrons. The molecule has 1 heterocycles. The Balaban J connectivity index is 2.02. The van der Waals surface area contributed by atoms with Crippen molar-refractivity contribution in [2.24, 2.45) is 5.92 Å². The molecule has 0 bridgehead atoms. The van der Waals surface area contributed by atoms with E-state index in [1.54, 1.807) is 0 Å². The summed E-state index contributed by atoms with van der Waals surface area (Å²) in [5, 5.41) is 13.0. The van der Waals surface area contributed by atoms with Crippen LogP contribution in [0.3, 0.4) is 0 Å². The number of likely N-dealkylation sites (N-methyl/N-ethyl adjacent to an activating group) is 2. The SMILES string of the molecule is CCNC(C#N)(CN(C)C1CCOC1C)C1CC1. The molecule has 3 unspecified atom stereocenters. The van der Waals surface area contributed by atoms with Crippen molar-refractivity contribution < 1.29 is 4.74 Å². The fourth-order valence-corrected chi connectivity index (χ4v) is 3.20. The minimum Gasteiger partial charge on any atom is -0.377 e.